The molecule has 0 aliphatic rings. The van der Waals surface area contributed by atoms with Gasteiger partial charge in [-0.25, -0.2) is 4.98 Å². The summed E-state index contributed by atoms with van der Waals surface area (Å²) in [4.78, 5) is 21.7. The van der Waals surface area contributed by atoms with E-state index >= 15 is 0 Å². The Kier molecular flexibility index (Phi) is 5.11. The van der Waals surface area contributed by atoms with Crippen molar-refractivity contribution >= 4 is 11.6 Å². The standard InChI is InChI=1S/C22H20N4O3/c1-28-18-10-6-9-16(20(18)29-2)13-24-22(27)17-14-26-12-11-23-19(21(26)25-17)15-7-4-3-5-8-15/h3-12,14H,13H2,1-2H3,(H,24,27). The summed E-state index contributed by atoms with van der Waals surface area (Å²) < 4.78 is 12.5. The number of aromatic nitrogens is 3. The van der Waals surface area contributed by atoms with Crippen molar-refractivity contribution in [3.05, 3.63) is 78.4 Å². The fourth-order valence-corrected chi connectivity index (χ4v) is 3.19. The predicted octanol–water partition coefficient (Wildman–Crippen LogP) is 3.34. The molecule has 0 atom stereocenters. The molecule has 0 saturated heterocycles. The van der Waals surface area contributed by atoms with Gasteiger partial charge >= 0.3 is 0 Å². The van der Waals surface area contributed by atoms with Gasteiger partial charge in [0.2, 0.25) is 0 Å². The first-order valence-corrected chi connectivity index (χ1v) is 9.08. The second-order valence-electron chi connectivity index (χ2n) is 6.33. The number of para-hydroxylation sites is 1. The normalized spacial score (nSPS) is 10.7. The highest BCUT2D eigenvalue weighted by Crippen LogP contribution is 2.30. The van der Waals surface area contributed by atoms with E-state index in [1.165, 1.54) is 0 Å². The molecule has 0 radical (unpaired) electrons. The molecular weight excluding hydrogens is 368 g/mol. The van der Waals surface area contributed by atoms with Crippen LogP contribution in [0.25, 0.3) is 16.9 Å². The van der Waals surface area contributed by atoms with Gasteiger partial charge in [0.1, 0.15) is 11.4 Å². The van der Waals surface area contributed by atoms with Crippen LogP contribution in [0.4, 0.5) is 0 Å². The van der Waals surface area contributed by atoms with Gasteiger partial charge in [0.15, 0.2) is 17.1 Å². The predicted molar refractivity (Wildman–Crippen MR) is 109 cm³/mol. The Morgan fingerprint density at radius 3 is 2.66 bits per heavy atom. The number of ether oxygens (including phenoxy) is 2. The molecule has 0 unspecified atom stereocenters. The Bertz CT molecular complexity index is 1160. The number of methoxy groups -OCH3 is 2. The van der Waals surface area contributed by atoms with Gasteiger partial charge in [0, 0.05) is 36.3 Å². The lowest BCUT2D eigenvalue weighted by Gasteiger charge is -2.12. The van der Waals surface area contributed by atoms with Crippen LogP contribution in [-0.4, -0.2) is 34.5 Å². The number of imidazole rings is 1. The lowest BCUT2D eigenvalue weighted by Crippen LogP contribution is -2.23. The lowest BCUT2D eigenvalue weighted by molar-refractivity contribution is 0.0946. The van der Waals surface area contributed by atoms with Gasteiger partial charge in [-0.1, -0.05) is 42.5 Å². The van der Waals surface area contributed by atoms with Crippen molar-refractivity contribution in [3.63, 3.8) is 0 Å². The summed E-state index contributed by atoms with van der Waals surface area (Å²) in [6, 6.07) is 15.3. The summed E-state index contributed by atoms with van der Waals surface area (Å²) >= 11 is 0. The minimum Gasteiger partial charge on any atom is -0.493 e. The Balaban J connectivity index is 1.59. The third-order valence-corrected chi connectivity index (χ3v) is 4.58. The van der Waals surface area contributed by atoms with E-state index in [4.69, 9.17) is 9.47 Å². The minimum absolute atomic E-state index is 0.280. The van der Waals surface area contributed by atoms with E-state index in [2.05, 4.69) is 15.3 Å². The van der Waals surface area contributed by atoms with Crippen LogP contribution in [0.5, 0.6) is 11.5 Å². The monoisotopic (exact) mass is 388 g/mol. The third kappa shape index (κ3) is 3.62. The first kappa shape index (κ1) is 18.5. The van der Waals surface area contributed by atoms with Gasteiger partial charge in [0.25, 0.3) is 5.91 Å². The topological polar surface area (TPSA) is 77.8 Å². The number of carbonyl (C=O) groups excluding carboxylic acids is 1. The Labute approximate surface area is 168 Å². The highest BCUT2D eigenvalue weighted by atomic mass is 16.5. The number of fused-ring (bicyclic) bond motifs is 1. The van der Waals surface area contributed by atoms with Crippen LogP contribution < -0.4 is 14.8 Å². The molecular formula is C22H20N4O3. The molecule has 0 aliphatic heterocycles. The van der Waals surface area contributed by atoms with Crippen LogP contribution in [0.2, 0.25) is 0 Å². The smallest absolute Gasteiger partial charge is 0.271 e. The van der Waals surface area contributed by atoms with Crippen molar-refractivity contribution in [2.75, 3.05) is 14.2 Å². The minimum atomic E-state index is -0.280. The average Bonchev–Trinajstić information content (AvgIpc) is 3.22. The first-order chi connectivity index (χ1) is 14.2. The number of nitrogens with one attached hydrogen (secondary N) is 1. The summed E-state index contributed by atoms with van der Waals surface area (Å²) in [5.74, 6) is 0.934. The number of hydrogen-bond acceptors (Lipinski definition) is 5. The highest BCUT2D eigenvalue weighted by molar-refractivity contribution is 5.93. The molecule has 1 N–H and O–H groups in total. The van der Waals surface area contributed by atoms with Gasteiger partial charge in [-0.05, 0) is 6.07 Å². The molecule has 29 heavy (non-hydrogen) atoms. The molecule has 2 aromatic carbocycles. The van der Waals surface area contributed by atoms with Crippen molar-refractivity contribution in [3.8, 4) is 22.8 Å². The van der Waals surface area contributed by atoms with Gasteiger partial charge in [-0.3, -0.25) is 9.78 Å². The number of carbonyl (C=O) groups is 1. The summed E-state index contributed by atoms with van der Waals surface area (Å²) in [5, 5.41) is 2.89. The molecule has 2 aromatic heterocycles. The summed E-state index contributed by atoms with van der Waals surface area (Å²) in [6.45, 7) is 0.289. The van der Waals surface area contributed by atoms with Crippen LogP contribution >= 0.6 is 0 Å². The van der Waals surface area contributed by atoms with E-state index in [-0.39, 0.29) is 12.5 Å². The van der Waals surface area contributed by atoms with Crippen LogP contribution in [-0.2, 0) is 6.54 Å². The van der Waals surface area contributed by atoms with Crippen molar-refractivity contribution in [1.29, 1.82) is 0 Å². The van der Waals surface area contributed by atoms with Gasteiger partial charge < -0.3 is 19.2 Å². The SMILES string of the molecule is COc1cccc(CNC(=O)c2cn3ccnc(-c4ccccc4)c3n2)c1OC. The number of rotatable bonds is 6. The molecule has 1 amide bonds. The Morgan fingerprint density at radius 2 is 1.90 bits per heavy atom. The number of benzene rings is 2. The zero-order valence-corrected chi connectivity index (χ0v) is 16.1. The zero-order valence-electron chi connectivity index (χ0n) is 16.1. The number of amides is 1. The molecule has 4 aromatic rings. The molecule has 0 aliphatic carbocycles. The van der Waals surface area contributed by atoms with Crippen LogP contribution in [0.15, 0.2) is 67.1 Å². The quantitative estimate of drug-likeness (QED) is 0.548. The van der Waals surface area contributed by atoms with E-state index in [9.17, 15) is 4.79 Å². The van der Waals surface area contributed by atoms with Gasteiger partial charge in [-0.15, -0.1) is 0 Å². The molecule has 0 fully saturated rings. The number of hydrogen-bond donors (Lipinski definition) is 1. The van der Waals surface area contributed by atoms with Gasteiger partial charge in [0.05, 0.1) is 14.2 Å². The Morgan fingerprint density at radius 1 is 1.07 bits per heavy atom. The van der Waals surface area contributed by atoms with Crippen LogP contribution in [0.1, 0.15) is 16.1 Å². The first-order valence-electron chi connectivity index (χ1n) is 9.08. The van der Waals surface area contributed by atoms with E-state index in [1.807, 2.05) is 48.5 Å². The summed E-state index contributed by atoms with van der Waals surface area (Å²) in [7, 11) is 3.15. The lowest BCUT2D eigenvalue weighted by atomic mass is 10.1. The van der Waals surface area contributed by atoms with E-state index in [1.54, 1.807) is 37.2 Å². The van der Waals surface area contributed by atoms with E-state index < -0.39 is 0 Å². The van der Waals surface area contributed by atoms with Crippen molar-refractivity contribution in [1.82, 2.24) is 19.7 Å². The number of nitrogens with zero attached hydrogens (tertiary/aromatic N) is 3. The van der Waals surface area contributed by atoms with Crippen molar-refractivity contribution in [2.45, 2.75) is 6.54 Å². The summed E-state index contributed by atoms with van der Waals surface area (Å²) in [5.41, 5.74) is 3.42. The maximum atomic E-state index is 12.7. The maximum Gasteiger partial charge on any atom is 0.271 e. The fraction of sp³-hybridized carbons (Fsp3) is 0.136. The molecule has 0 spiro atoms. The highest BCUT2D eigenvalue weighted by Gasteiger charge is 2.16. The molecule has 0 bridgehead atoms. The van der Waals surface area contributed by atoms with Crippen LogP contribution in [0, 0.1) is 0 Å². The molecule has 7 nitrogen and oxygen atoms in total. The second-order valence-corrected chi connectivity index (χ2v) is 6.33. The molecule has 0 saturated carbocycles. The second kappa shape index (κ2) is 8.02. The molecule has 4 rings (SSSR count). The summed E-state index contributed by atoms with van der Waals surface area (Å²) in [6.07, 6.45) is 5.16. The van der Waals surface area contributed by atoms with Crippen molar-refractivity contribution in [2.24, 2.45) is 0 Å². The maximum absolute atomic E-state index is 12.7. The fourth-order valence-electron chi connectivity index (χ4n) is 3.19. The molecule has 7 heteroatoms. The molecule has 2 heterocycles. The van der Waals surface area contributed by atoms with E-state index in [0.29, 0.717) is 22.8 Å². The van der Waals surface area contributed by atoms with Crippen LogP contribution in [0.3, 0.4) is 0 Å². The average molecular weight is 388 g/mol. The third-order valence-electron chi connectivity index (χ3n) is 4.58. The van der Waals surface area contributed by atoms with E-state index in [0.717, 1.165) is 16.8 Å². The Hall–Kier alpha value is -3.87. The van der Waals surface area contributed by atoms with Crippen molar-refractivity contribution < 1.29 is 14.3 Å². The largest absolute Gasteiger partial charge is 0.493 e. The van der Waals surface area contributed by atoms with Gasteiger partial charge in [-0.2, -0.15) is 0 Å². The molecule has 146 valence electrons. The zero-order chi connectivity index (χ0) is 20.2.